The zero-order valence-corrected chi connectivity index (χ0v) is 12.8. The highest BCUT2D eigenvalue weighted by Gasteiger charge is 2.11. The van der Waals surface area contributed by atoms with Crippen LogP contribution in [0.4, 0.5) is 4.39 Å². The number of hydrogen-bond donors (Lipinski definition) is 0. The molecule has 0 bridgehead atoms. The maximum atomic E-state index is 13.2. The zero-order valence-electron chi connectivity index (χ0n) is 9.64. The van der Waals surface area contributed by atoms with E-state index in [1.165, 1.54) is 12.5 Å². The van der Waals surface area contributed by atoms with Crippen molar-refractivity contribution < 1.29 is 4.39 Å². The second-order valence-corrected chi connectivity index (χ2v) is 6.19. The summed E-state index contributed by atoms with van der Waals surface area (Å²) in [7, 11) is 0. The minimum atomic E-state index is -0.165. The smallest absolute Gasteiger partial charge is 0.124 e. The summed E-state index contributed by atoms with van der Waals surface area (Å²) in [5.74, 6) is 1.09. The van der Waals surface area contributed by atoms with Gasteiger partial charge in [-0.25, -0.2) is 4.39 Å². The molecule has 0 fully saturated rings. The van der Waals surface area contributed by atoms with Crippen molar-refractivity contribution in [3.05, 3.63) is 34.1 Å². The summed E-state index contributed by atoms with van der Waals surface area (Å²) in [6.45, 7) is 4.44. The van der Waals surface area contributed by atoms with Crippen LogP contribution >= 0.6 is 31.9 Å². The van der Waals surface area contributed by atoms with E-state index >= 15 is 0 Å². The summed E-state index contributed by atoms with van der Waals surface area (Å²) < 4.78 is 14.0. The Morgan fingerprint density at radius 3 is 2.44 bits per heavy atom. The predicted molar refractivity (Wildman–Crippen MR) is 74.5 cm³/mol. The van der Waals surface area contributed by atoms with Crippen LogP contribution in [-0.2, 0) is 6.42 Å². The molecule has 0 aliphatic rings. The Morgan fingerprint density at radius 1 is 1.25 bits per heavy atom. The van der Waals surface area contributed by atoms with Crippen molar-refractivity contribution in [1.82, 2.24) is 0 Å². The van der Waals surface area contributed by atoms with E-state index in [1.54, 1.807) is 6.07 Å². The van der Waals surface area contributed by atoms with Crippen molar-refractivity contribution in [2.24, 2.45) is 11.8 Å². The Labute approximate surface area is 114 Å². The van der Waals surface area contributed by atoms with Crippen molar-refractivity contribution in [2.45, 2.75) is 26.7 Å². The van der Waals surface area contributed by atoms with Crippen LogP contribution in [0.2, 0.25) is 0 Å². The van der Waals surface area contributed by atoms with Gasteiger partial charge in [0.05, 0.1) is 0 Å². The molecule has 0 nitrogen and oxygen atoms in total. The third-order valence-corrected chi connectivity index (χ3v) is 3.84. The summed E-state index contributed by atoms with van der Waals surface area (Å²) in [5, 5.41) is 0.972. The molecule has 0 aliphatic carbocycles. The maximum Gasteiger partial charge on any atom is 0.124 e. The van der Waals surface area contributed by atoms with Crippen molar-refractivity contribution in [3.8, 4) is 0 Å². The van der Waals surface area contributed by atoms with Crippen LogP contribution < -0.4 is 0 Å². The number of rotatable bonds is 5. The van der Waals surface area contributed by atoms with Crippen LogP contribution in [0.1, 0.15) is 25.8 Å². The molecular weight excluding hydrogens is 335 g/mol. The molecule has 0 spiro atoms. The number of benzene rings is 1. The Hall–Kier alpha value is 0.110. The molecule has 1 aromatic carbocycles. The molecule has 1 aromatic rings. The van der Waals surface area contributed by atoms with E-state index < -0.39 is 0 Å². The summed E-state index contributed by atoms with van der Waals surface area (Å²) in [5.41, 5.74) is 1.07. The van der Waals surface area contributed by atoms with Crippen LogP contribution in [0.3, 0.4) is 0 Å². The van der Waals surface area contributed by atoms with E-state index in [0.29, 0.717) is 11.8 Å². The van der Waals surface area contributed by atoms with E-state index in [4.69, 9.17) is 0 Å². The first kappa shape index (κ1) is 14.2. The lowest BCUT2D eigenvalue weighted by Crippen LogP contribution is -2.09. The monoisotopic (exact) mass is 350 g/mol. The first-order valence-electron chi connectivity index (χ1n) is 5.52. The third-order valence-electron chi connectivity index (χ3n) is 2.47. The average molecular weight is 352 g/mol. The Morgan fingerprint density at radius 2 is 1.94 bits per heavy atom. The highest BCUT2D eigenvalue weighted by Crippen LogP contribution is 2.22. The lowest BCUT2D eigenvalue weighted by Gasteiger charge is -2.16. The lowest BCUT2D eigenvalue weighted by atomic mass is 9.92. The van der Waals surface area contributed by atoms with Crippen LogP contribution in [0.5, 0.6) is 0 Å². The van der Waals surface area contributed by atoms with E-state index in [0.717, 1.165) is 21.8 Å². The summed E-state index contributed by atoms with van der Waals surface area (Å²) >= 11 is 6.86. The van der Waals surface area contributed by atoms with Gasteiger partial charge >= 0.3 is 0 Å². The molecule has 0 amide bonds. The molecule has 90 valence electrons. The minimum Gasteiger partial charge on any atom is -0.207 e. The molecule has 0 saturated heterocycles. The highest BCUT2D eigenvalue weighted by atomic mass is 79.9. The van der Waals surface area contributed by atoms with E-state index in [1.807, 2.05) is 6.07 Å². The molecule has 3 heteroatoms. The molecule has 0 aliphatic heterocycles. The number of alkyl halides is 1. The van der Waals surface area contributed by atoms with Crippen molar-refractivity contribution in [3.63, 3.8) is 0 Å². The van der Waals surface area contributed by atoms with Gasteiger partial charge in [-0.1, -0.05) is 45.7 Å². The second kappa shape index (κ2) is 6.75. The lowest BCUT2D eigenvalue weighted by molar-refractivity contribution is 0.444. The minimum absolute atomic E-state index is 0.165. The molecule has 0 radical (unpaired) electrons. The number of halogens is 3. The Bertz CT molecular complexity index is 316. The van der Waals surface area contributed by atoms with Crippen molar-refractivity contribution in [1.29, 1.82) is 0 Å². The van der Waals surface area contributed by atoms with Gasteiger partial charge in [0.2, 0.25) is 0 Å². The maximum absolute atomic E-state index is 13.2. The van der Waals surface area contributed by atoms with Gasteiger partial charge in [-0.2, -0.15) is 0 Å². The van der Waals surface area contributed by atoms with Crippen molar-refractivity contribution >= 4 is 31.9 Å². The first-order chi connectivity index (χ1) is 7.51. The van der Waals surface area contributed by atoms with Gasteiger partial charge < -0.3 is 0 Å². The predicted octanol–water partition coefficient (Wildman–Crippen LogP) is 5.19. The van der Waals surface area contributed by atoms with E-state index in [2.05, 4.69) is 45.7 Å². The fourth-order valence-corrected chi connectivity index (χ4v) is 2.94. The van der Waals surface area contributed by atoms with Crippen LogP contribution in [-0.4, -0.2) is 5.33 Å². The summed E-state index contributed by atoms with van der Waals surface area (Å²) in [6, 6.07) is 5.12. The highest BCUT2D eigenvalue weighted by molar-refractivity contribution is 9.10. The molecular formula is C13H17Br2F. The SMILES string of the molecule is CC(C)CC(CBr)Cc1cc(F)cc(Br)c1. The van der Waals surface area contributed by atoms with Crippen LogP contribution in [0, 0.1) is 17.7 Å². The van der Waals surface area contributed by atoms with Crippen LogP contribution in [0.15, 0.2) is 22.7 Å². The molecule has 0 saturated carbocycles. The topological polar surface area (TPSA) is 0 Å². The summed E-state index contributed by atoms with van der Waals surface area (Å²) in [4.78, 5) is 0. The molecule has 1 rings (SSSR count). The Balaban J connectivity index is 2.69. The van der Waals surface area contributed by atoms with Gasteiger partial charge in [0.15, 0.2) is 0 Å². The molecule has 0 heterocycles. The molecule has 1 atom stereocenters. The average Bonchev–Trinajstić information content (AvgIpc) is 2.14. The molecule has 0 aromatic heterocycles. The van der Waals surface area contributed by atoms with Crippen LogP contribution in [0.25, 0.3) is 0 Å². The normalized spacial score (nSPS) is 13.1. The fourth-order valence-electron chi connectivity index (χ4n) is 1.93. The van der Waals surface area contributed by atoms with Gasteiger partial charge in [-0.15, -0.1) is 0 Å². The largest absolute Gasteiger partial charge is 0.207 e. The van der Waals surface area contributed by atoms with Gasteiger partial charge in [0.25, 0.3) is 0 Å². The molecule has 1 unspecified atom stereocenters. The first-order valence-corrected chi connectivity index (χ1v) is 7.43. The summed E-state index contributed by atoms with van der Waals surface area (Å²) in [6.07, 6.45) is 2.10. The van der Waals surface area contributed by atoms with E-state index in [-0.39, 0.29) is 5.82 Å². The van der Waals surface area contributed by atoms with Gasteiger partial charge in [0, 0.05) is 9.80 Å². The Kier molecular flexibility index (Phi) is 5.98. The molecule has 0 N–H and O–H groups in total. The van der Waals surface area contributed by atoms with Gasteiger partial charge in [0.1, 0.15) is 5.82 Å². The third kappa shape index (κ3) is 4.96. The van der Waals surface area contributed by atoms with E-state index in [9.17, 15) is 4.39 Å². The van der Waals surface area contributed by atoms with Gasteiger partial charge in [-0.05, 0) is 48.4 Å². The zero-order chi connectivity index (χ0) is 12.1. The second-order valence-electron chi connectivity index (χ2n) is 4.63. The fraction of sp³-hybridized carbons (Fsp3) is 0.538. The number of hydrogen-bond acceptors (Lipinski definition) is 0. The van der Waals surface area contributed by atoms with Crippen molar-refractivity contribution in [2.75, 3.05) is 5.33 Å². The molecule has 16 heavy (non-hydrogen) atoms. The standard InChI is InChI=1S/C13H17Br2F/c1-9(2)3-11(8-14)4-10-5-12(15)7-13(16)6-10/h5-7,9,11H,3-4,8H2,1-2H3. The van der Waals surface area contributed by atoms with Gasteiger partial charge in [-0.3, -0.25) is 0 Å². The quantitative estimate of drug-likeness (QED) is 0.640.